The van der Waals surface area contributed by atoms with Crippen LogP contribution in [0, 0.1) is 19.3 Å². The highest BCUT2D eigenvalue weighted by molar-refractivity contribution is 5.49. The molecule has 0 spiro atoms. The maximum absolute atomic E-state index is 6.16. The summed E-state index contributed by atoms with van der Waals surface area (Å²) in [6.07, 6.45) is 3.86. The minimum absolute atomic E-state index is 0.154. The van der Waals surface area contributed by atoms with E-state index in [0.29, 0.717) is 5.88 Å². The Morgan fingerprint density at radius 2 is 1.79 bits per heavy atom. The van der Waals surface area contributed by atoms with Gasteiger partial charge in [0.15, 0.2) is 5.82 Å². The summed E-state index contributed by atoms with van der Waals surface area (Å²) in [5.74, 6) is 2.46. The van der Waals surface area contributed by atoms with Gasteiger partial charge in [-0.25, -0.2) is 9.97 Å². The lowest BCUT2D eigenvalue weighted by molar-refractivity contribution is 0.120. The number of aryl methyl sites for hydroxylation is 2. The monoisotopic (exact) mass is 383 g/mol. The topological polar surface area (TPSA) is 47.5 Å². The third kappa shape index (κ3) is 5.15. The number of anilines is 1. The van der Waals surface area contributed by atoms with Gasteiger partial charge in [0.2, 0.25) is 0 Å². The summed E-state index contributed by atoms with van der Waals surface area (Å²) in [5, 5.41) is 0. The molecule has 0 aliphatic carbocycles. The Balaban J connectivity index is 1.66. The summed E-state index contributed by atoms with van der Waals surface area (Å²) < 4.78 is 12.2. The molecule has 0 atom stereocenters. The highest BCUT2D eigenvalue weighted by Crippen LogP contribution is 2.36. The second kappa shape index (κ2) is 7.98. The van der Waals surface area contributed by atoms with Gasteiger partial charge in [-0.05, 0) is 59.1 Å². The number of rotatable bonds is 5. The number of para-hydroxylation sites is 1. The van der Waals surface area contributed by atoms with Crippen molar-refractivity contribution in [2.75, 3.05) is 24.6 Å². The molecule has 1 aromatic carbocycles. The quantitative estimate of drug-likeness (QED) is 0.730. The van der Waals surface area contributed by atoms with Crippen LogP contribution in [0.15, 0.2) is 30.5 Å². The van der Waals surface area contributed by atoms with E-state index in [1.54, 1.807) is 6.20 Å². The molecule has 28 heavy (non-hydrogen) atoms. The Labute approximate surface area is 169 Å². The fraction of sp³-hybridized carbons (Fsp3) is 0.565. The molecule has 1 fully saturated rings. The van der Waals surface area contributed by atoms with Crippen molar-refractivity contribution in [1.29, 1.82) is 0 Å². The van der Waals surface area contributed by atoms with E-state index in [4.69, 9.17) is 14.5 Å². The summed E-state index contributed by atoms with van der Waals surface area (Å²) in [4.78, 5) is 11.6. The molecule has 2 aromatic rings. The van der Waals surface area contributed by atoms with E-state index >= 15 is 0 Å². The zero-order valence-electron chi connectivity index (χ0n) is 18.1. The zero-order valence-corrected chi connectivity index (χ0v) is 18.1. The summed E-state index contributed by atoms with van der Waals surface area (Å²) in [6, 6.07) is 8.21. The summed E-state index contributed by atoms with van der Waals surface area (Å²) >= 11 is 0. The molecule has 0 N–H and O–H groups in total. The molecule has 0 radical (unpaired) electrons. The highest BCUT2D eigenvalue weighted by Gasteiger charge is 2.33. The van der Waals surface area contributed by atoms with E-state index in [2.05, 4.69) is 29.8 Å². The smallest absolute Gasteiger partial charge is 0.258 e. The number of piperidine rings is 1. The first-order valence-electron chi connectivity index (χ1n) is 10.1. The second-order valence-electron chi connectivity index (χ2n) is 9.21. The number of hydrogen-bond acceptors (Lipinski definition) is 5. The average Bonchev–Trinajstić information content (AvgIpc) is 2.62. The van der Waals surface area contributed by atoms with Crippen molar-refractivity contribution in [3.8, 4) is 11.6 Å². The maximum atomic E-state index is 6.16. The van der Waals surface area contributed by atoms with Crippen molar-refractivity contribution in [2.24, 2.45) is 5.41 Å². The molecule has 1 saturated heterocycles. The van der Waals surface area contributed by atoms with E-state index in [9.17, 15) is 0 Å². The number of hydrogen-bond donors (Lipinski definition) is 0. The number of benzene rings is 1. The van der Waals surface area contributed by atoms with Gasteiger partial charge in [-0.2, -0.15) is 0 Å². The van der Waals surface area contributed by atoms with Crippen LogP contribution in [0.2, 0.25) is 0 Å². The van der Waals surface area contributed by atoms with Crippen LogP contribution < -0.4 is 14.4 Å². The van der Waals surface area contributed by atoms with Gasteiger partial charge >= 0.3 is 0 Å². The molecule has 1 aliphatic heterocycles. The molecule has 2 heterocycles. The first-order chi connectivity index (χ1) is 13.2. The molecule has 0 amide bonds. The minimum atomic E-state index is -0.301. The second-order valence-corrected chi connectivity index (χ2v) is 9.21. The van der Waals surface area contributed by atoms with Gasteiger partial charge in [0.05, 0.1) is 18.5 Å². The molecule has 0 saturated carbocycles. The molecule has 5 nitrogen and oxygen atoms in total. The van der Waals surface area contributed by atoms with Crippen molar-refractivity contribution in [1.82, 2.24) is 9.97 Å². The van der Waals surface area contributed by atoms with E-state index < -0.39 is 0 Å². The van der Waals surface area contributed by atoms with Crippen LogP contribution in [0.4, 0.5) is 5.82 Å². The fourth-order valence-electron chi connectivity index (χ4n) is 3.39. The van der Waals surface area contributed by atoms with E-state index in [1.165, 1.54) is 5.56 Å². The number of ether oxygens (including phenoxy) is 2. The average molecular weight is 384 g/mol. The van der Waals surface area contributed by atoms with Crippen molar-refractivity contribution in [3.05, 3.63) is 41.7 Å². The Kier molecular flexibility index (Phi) is 5.82. The van der Waals surface area contributed by atoms with Gasteiger partial charge < -0.3 is 14.4 Å². The number of nitrogens with zero attached hydrogens (tertiary/aromatic N) is 3. The van der Waals surface area contributed by atoms with Gasteiger partial charge in [0.25, 0.3) is 5.88 Å². The predicted octanol–water partition coefficient (Wildman–Crippen LogP) is 4.96. The Morgan fingerprint density at radius 3 is 2.43 bits per heavy atom. The lowest BCUT2D eigenvalue weighted by Gasteiger charge is -2.40. The van der Waals surface area contributed by atoms with Gasteiger partial charge in [-0.1, -0.05) is 25.1 Å². The van der Waals surface area contributed by atoms with E-state index in [-0.39, 0.29) is 11.0 Å². The van der Waals surface area contributed by atoms with Crippen LogP contribution >= 0.6 is 0 Å². The van der Waals surface area contributed by atoms with Gasteiger partial charge in [0, 0.05) is 18.5 Å². The van der Waals surface area contributed by atoms with Gasteiger partial charge in [-0.15, -0.1) is 0 Å². The third-order valence-corrected chi connectivity index (χ3v) is 5.18. The lowest BCUT2D eigenvalue weighted by Crippen LogP contribution is -2.42. The van der Waals surface area contributed by atoms with Crippen LogP contribution in [0.5, 0.6) is 11.6 Å². The first-order valence-corrected chi connectivity index (χ1v) is 10.1. The fourth-order valence-corrected chi connectivity index (χ4v) is 3.39. The lowest BCUT2D eigenvalue weighted by atomic mass is 9.81. The van der Waals surface area contributed by atoms with Crippen molar-refractivity contribution in [2.45, 2.75) is 60.0 Å². The van der Waals surface area contributed by atoms with Crippen molar-refractivity contribution in [3.63, 3.8) is 0 Å². The van der Waals surface area contributed by atoms with Crippen LogP contribution in [0.1, 0.15) is 51.8 Å². The standard InChI is InChI=1S/C23H33N3O2/c1-17-9-7-8-10-19(17)27-16-23(6)11-13-26(14-12-23)20-21(28-22(3,4)5)24-15-18(2)25-20/h7-10,15H,11-14,16H2,1-6H3. The Bertz CT molecular complexity index is 806. The van der Waals surface area contributed by atoms with Crippen LogP contribution in [-0.2, 0) is 0 Å². The normalized spacial score (nSPS) is 16.7. The van der Waals surface area contributed by atoms with E-state index in [0.717, 1.165) is 49.8 Å². The maximum Gasteiger partial charge on any atom is 0.258 e. The van der Waals surface area contributed by atoms with E-state index in [1.807, 2.05) is 45.9 Å². The molecule has 0 bridgehead atoms. The summed E-state index contributed by atoms with van der Waals surface area (Å²) in [6.45, 7) is 15.1. The highest BCUT2D eigenvalue weighted by atomic mass is 16.5. The molecule has 152 valence electrons. The molecular weight excluding hydrogens is 350 g/mol. The Hall–Kier alpha value is -2.30. The van der Waals surface area contributed by atoms with Crippen molar-refractivity contribution < 1.29 is 9.47 Å². The molecule has 0 unspecified atom stereocenters. The van der Waals surface area contributed by atoms with Gasteiger partial charge in [-0.3, -0.25) is 0 Å². The molecule has 1 aromatic heterocycles. The number of aromatic nitrogens is 2. The molecule has 3 rings (SSSR count). The predicted molar refractivity (Wildman–Crippen MR) is 113 cm³/mol. The molecule has 1 aliphatic rings. The Morgan fingerprint density at radius 1 is 1.11 bits per heavy atom. The largest absolute Gasteiger partial charge is 0.493 e. The molecular formula is C23H33N3O2. The first kappa shape index (κ1) is 20.4. The van der Waals surface area contributed by atoms with Crippen LogP contribution in [0.25, 0.3) is 0 Å². The third-order valence-electron chi connectivity index (χ3n) is 5.18. The summed E-state index contributed by atoms with van der Waals surface area (Å²) in [5.41, 5.74) is 1.95. The zero-order chi connectivity index (χ0) is 20.4. The van der Waals surface area contributed by atoms with Crippen LogP contribution in [-0.4, -0.2) is 35.3 Å². The van der Waals surface area contributed by atoms with Gasteiger partial charge in [0.1, 0.15) is 11.4 Å². The minimum Gasteiger partial charge on any atom is -0.493 e. The van der Waals surface area contributed by atoms with Crippen molar-refractivity contribution >= 4 is 5.82 Å². The molecule has 5 heteroatoms. The van der Waals surface area contributed by atoms with Crippen LogP contribution in [0.3, 0.4) is 0 Å². The SMILES string of the molecule is Cc1cnc(OC(C)(C)C)c(N2CCC(C)(COc3ccccc3C)CC2)n1. The summed E-state index contributed by atoms with van der Waals surface area (Å²) in [7, 11) is 0.